The number of carboxylic acid groups (broad SMARTS) is 1. The molecule has 0 aliphatic carbocycles. The van der Waals surface area contributed by atoms with E-state index < -0.39 is 5.97 Å². The van der Waals surface area contributed by atoms with Gasteiger partial charge in [0.05, 0.1) is 17.8 Å². The molecule has 2 aromatic heterocycles. The largest absolute Gasteiger partial charge is 0.481 e. The maximum absolute atomic E-state index is 10.9. The normalized spacial score (nSPS) is 11.3. The Kier molecular flexibility index (Phi) is 3.19. The number of rotatable bonds is 3. The summed E-state index contributed by atoms with van der Waals surface area (Å²) < 4.78 is 2.78. The van der Waals surface area contributed by atoms with Crippen molar-refractivity contribution >= 4 is 27.5 Å². The van der Waals surface area contributed by atoms with Crippen LogP contribution in [-0.4, -0.2) is 20.5 Å². The van der Waals surface area contributed by atoms with E-state index in [4.69, 9.17) is 5.11 Å². The van der Waals surface area contributed by atoms with Crippen molar-refractivity contribution in [2.24, 2.45) is 0 Å². The lowest BCUT2D eigenvalue weighted by molar-refractivity contribution is -0.136. The minimum atomic E-state index is -0.836. The lowest BCUT2D eigenvalue weighted by atomic mass is 10.1. The van der Waals surface area contributed by atoms with E-state index in [0.717, 1.165) is 21.5 Å². The minimum absolute atomic E-state index is 0.00366. The third-order valence-electron chi connectivity index (χ3n) is 2.58. The van der Waals surface area contributed by atoms with Crippen LogP contribution in [0.2, 0.25) is 0 Å². The second-order valence-corrected chi connectivity index (χ2v) is 5.16. The summed E-state index contributed by atoms with van der Waals surface area (Å²) in [6, 6.07) is 3.77. The summed E-state index contributed by atoms with van der Waals surface area (Å²) in [5.41, 5.74) is 2.39. The third kappa shape index (κ3) is 2.34. The highest BCUT2D eigenvalue weighted by Gasteiger charge is 2.17. The van der Waals surface area contributed by atoms with E-state index in [-0.39, 0.29) is 12.3 Å². The summed E-state index contributed by atoms with van der Waals surface area (Å²) >= 11 is 3.38. The summed E-state index contributed by atoms with van der Waals surface area (Å²) in [6.07, 6.45) is 1.84. The van der Waals surface area contributed by atoms with Gasteiger partial charge in [0, 0.05) is 10.7 Å². The first-order valence-corrected chi connectivity index (χ1v) is 6.16. The van der Waals surface area contributed by atoms with E-state index in [1.165, 1.54) is 0 Å². The van der Waals surface area contributed by atoms with Gasteiger partial charge in [-0.05, 0) is 18.1 Å². The van der Waals surface area contributed by atoms with Gasteiger partial charge in [-0.2, -0.15) is 0 Å². The van der Waals surface area contributed by atoms with Crippen LogP contribution in [0.25, 0.3) is 5.65 Å². The highest BCUT2D eigenvalue weighted by atomic mass is 79.9. The summed E-state index contributed by atoms with van der Waals surface area (Å²) in [7, 11) is 0. The van der Waals surface area contributed by atoms with Crippen molar-refractivity contribution in [3.63, 3.8) is 0 Å². The Hall–Kier alpha value is -1.36. The van der Waals surface area contributed by atoms with Crippen molar-refractivity contribution in [1.82, 2.24) is 9.38 Å². The standard InChI is InChI=1S/C12H13BrN2O2/c1-7(2)12-9(6-11(16)17)15-4-3-8(13)5-10(15)14-12/h3-5,7H,6H2,1-2H3,(H,16,17). The summed E-state index contributed by atoms with van der Waals surface area (Å²) in [5.74, 6) is -0.625. The van der Waals surface area contributed by atoms with Gasteiger partial charge >= 0.3 is 5.97 Å². The van der Waals surface area contributed by atoms with Crippen molar-refractivity contribution in [2.75, 3.05) is 0 Å². The zero-order valence-corrected chi connectivity index (χ0v) is 11.2. The second kappa shape index (κ2) is 4.49. The van der Waals surface area contributed by atoms with E-state index in [1.54, 1.807) is 0 Å². The Bertz CT molecular complexity index is 575. The number of imidazole rings is 1. The summed E-state index contributed by atoms with van der Waals surface area (Å²) in [5, 5.41) is 8.96. The second-order valence-electron chi connectivity index (χ2n) is 4.24. The van der Waals surface area contributed by atoms with Crippen LogP contribution in [0.3, 0.4) is 0 Å². The van der Waals surface area contributed by atoms with Crippen LogP contribution in [0.15, 0.2) is 22.8 Å². The van der Waals surface area contributed by atoms with Crippen LogP contribution in [0.1, 0.15) is 31.2 Å². The molecule has 0 atom stereocenters. The first kappa shape index (κ1) is 12.1. The SMILES string of the molecule is CC(C)c1nc2cc(Br)ccn2c1CC(=O)O. The fourth-order valence-electron chi connectivity index (χ4n) is 1.87. The minimum Gasteiger partial charge on any atom is -0.481 e. The highest BCUT2D eigenvalue weighted by molar-refractivity contribution is 9.10. The molecule has 2 heterocycles. The molecule has 2 aromatic rings. The number of hydrogen-bond donors (Lipinski definition) is 1. The molecule has 0 aliphatic rings. The average Bonchev–Trinajstić information content (AvgIpc) is 2.55. The molecule has 0 aliphatic heterocycles. The Morgan fingerprint density at radius 2 is 2.29 bits per heavy atom. The van der Waals surface area contributed by atoms with Crippen LogP contribution in [0, 0.1) is 0 Å². The molecule has 0 amide bonds. The molecule has 0 radical (unpaired) electrons. The molecule has 4 nitrogen and oxygen atoms in total. The monoisotopic (exact) mass is 296 g/mol. The van der Waals surface area contributed by atoms with E-state index >= 15 is 0 Å². The molecule has 90 valence electrons. The van der Waals surface area contributed by atoms with Gasteiger partial charge in [-0.1, -0.05) is 29.8 Å². The van der Waals surface area contributed by atoms with Gasteiger partial charge in [0.15, 0.2) is 0 Å². The Labute approximate surface area is 107 Å². The molecule has 5 heteroatoms. The first-order chi connectivity index (χ1) is 7.99. The highest BCUT2D eigenvalue weighted by Crippen LogP contribution is 2.23. The van der Waals surface area contributed by atoms with E-state index in [1.807, 2.05) is 36.6 Å². The number of fused-ring (bicyclic) bond motifs is 1. The predicted octanol–water partition coefficient (Wildman–Crippen LogP) is 2.85. The molecule has 17 heavy (non-hydrogen) atoms. The molecular weight excluding hydrogens is 284 g/mol. The third-order valence-corrected chi connectivity index (χ3v) is 3.08. The van der Waals surface area contributed by atoms with Crippen molar-refractivity contribution in [3.8, 4) is 0 Å². The van der Waals surface area contributed by atoms with E-state index in [9.17, 15) is 4.79 Å². The Morgan fingerprint density at radius 3 is 2.88 bits per heavy atom. The Morgan fingerprint density at radius 1 is 1.59 bits per heavy atom. The van der Waals surface area contributed by atoms with Crippen molar-refractivity contribution in [2.45, 2.75) is 26.2 Å². The van der Waals surface area contributed by atoms with Gasteiger partial charge in [0.1, 0.15) is 5.65 Å². The molecule has 0 unspecified atom stereocenters. The molecule has 0 aromatic carbocycles. The number of pyridine rings is 1. The van der Waals surface area contributed by atoms with Crippen molar-refractivity contribution < 1.29 is 9.90 Å². The molecule has 0 saturated carbocycles. The zero-order valence-electron chi connectivity index (χ0n) is 9.64. The smallest absolute Gasteiger partial charge is 0.309 e. The van der Waals surface area contributed by atoms with Crippen LogP contribution >= 0.6 is 15.9 Å². The maximum atomic E-state index is 10.9. The topological polar surface area (TPSA) is 54.6 Å². The molecular formula is C12H13BrN2O2. The number of carboxylic acids is 1. The van der Waals surface area contributed by atoms with Gasteiger partial charge in [0.25, 0.3) is 0 Å². The lowest BCUT2D eigenvalue weighted by Crippen LogP contribution is -2.06. The van der Waals surface area contributed by atoms with Crippen molar-refractivity contribution in [3.05, 3.63) is 34.2 Å². The first-order valence-electron chi connectivity index (χ1n) is 5.37. The van der Waals surface area contributed by atoms with Gasteiger partial charge < -0.3 is 9.51 Å². The molecule has 0 fully saturated rings. The number of halogens is 1. The van der Waals surface area contributed by atoms with Crippen LogP contribution in [0.4, 0.5) is 0 Å². The molecule has 0 spiro atoms. The molecule has 0 saturated heterocycles. The number of aromatic nitrogens is 2. The van der Waals surface area contributed by atoms with Gasteiger partial charge in [0.2, 0.25) is 0 Å². The average molecular weight is 297 g/mol. The molecule has 1 N–H and O–H groups in total. The molecule has 2 rings (SSSR count). The zero-order chi connectivity index (χ0) is 12.6. The van der Waals surface area contributed by atoms with E-state index in [2.05, 4.69) is 20.9 Å². The van der Waals surface area contributed by atoms with Crippen LogP contribution in [-0.2, 0) is 11.2 Å². The summed E-state index contributed by atoms with van der Waals surface area (Å²) in [4.78, 5) is 15.4. The fraction of sp³-hybridized carbons (Fsp3) is 0.333. The van der Waals surface area contributed by atoms with Gasteiger partial charge in [-0.25, -0.2) is 4.98 Å². The number of carbonyl (C=O) groups is 1. The van der Waals surface area contributed by atoms with Gasteiger partial charge in [-0.15, -0.1) is 0 Å². The van der Waals surface area contributed by atoms with E-state index in [0.29, 0.717) is 0 Å². The predicted molar refractivity (Wildman–Crippen MR) is 68.3 cm³/mol. The molecule has 0 bridgehead atoms. The van der Waals surface area contributed by atoms with Gasteiger partial charge in [-0.3, -0.25) is 4.79 Å². The Balaban J connectivity index is 2.66. The number of hydrogen-bond acceptors (Lipinski definition) is 2. The van der Waals surface area contributed by atoms with Crippen molar-refractivity contribution in [1.29, 1.82) is 0 Å². The number of nitrogens with zero attached hydrogens (tertiary/aromatic N) is 2. The maximum Gasteiger partial charge on any atom is 0.309 e. The fourth-order valence-corrected chi connectivity index (χ4v) is 2.19. The number of aliphatic carboxylic acids is 1. The summed E-state index contributed by atoms with van der Waals surface area (Å²) in [6.45, 7) is 4.03. The quantitative estimate of drug-likeness (QED) is 0.947. The van der Waals surface area contributed by atoms with Crippen LogP contribution in [0.5, 0.6) is 0 Å². The van der Waals surface area contributed by atoms with Crippen LogP contribution < -0.4 is 0 Å². The lowest BCUT2D eigenvalue weighted by Gasteiger charge is -2.04.